The number of hydrogen-bond donors (Lipinski definition) is 3. The Morgan fingerprint density at radius 1 is 1.23 bits per heavy atom. The number of carbonyl (C=O) groups is 4. The molecule has 0 bridgehead atoms. The van der Waals surface area contributed by atoms with Gasteiger partial charge in [0.2, 0.25) is 5.91 Å². The number of anilines is 1. The van der Waals surface area contributed by atoms with Gasteiger partial charge in [-0.2, -0.15) is 0 Å². The zero-order valence-electron chi connectivity index (χ0n) is 17.9. The van der Waals surface area contributed by atoms with Crippen molar-refractivity contribution in [3.63, 3.8) is 0 Å². The lowest BCUT2D eigenvalue weighted by Gasteiger charge is -2.19. The summed E-state index contributed by atoms with van der Waals surface area (Å²) in [6.07, 6.45) is 3.85. The van der Waals surface area contributed by atoms with Crippen molar-refractivity contribution in [2.45, 2.75) is 51.0 Å². The van der Waals surface area contributed by atoms with Crippen LogP contribution in [0.2, 0.25) is 0 Å². The van der Waals surface area contributed by atoms with Gasteiger partial charge in [-0.25, -0.2) is 4.79 Å². The fourth-order valence-corrected chi connectivity index (χ4v) is 3.99. The summed E-state index contributed by atoms with van der Waals surface area (Å²) < 4.78 is 5.24. The number of imide groups is 1. The van der Waals surface area contributed by atoms with Crippen LogP contribution in [0.25, 0.3) is 0 Å². The molecule has 1 aliphatic carbocycles. The SMILES string of the molecule is CCOCCCNC(=O)c1cccc(NC(=O)CCN2C(=O)NC3(CCCC3)C2=O)c1. The predicted octanol–water partition coefficient (Wildman–Crippen LogP) is 2.04. The van der Waals surface area contributed by atoms with Crippen LogP contribution in [-0.2, 0) is 14.3 Å². The maximum absolute atomic E-state index is 12.6. The fourth-order valence-electron chi connectivity index (χ4n) is 3.99. The number of carbonyl (C=O) groups excluding carboxylic acids is 4. The summed E-state index contributed by atoms with van der Waals surface area (Å²) in [6, 6.07) is 6.21. The van der Waals surface area contributed by atoms with Gasteiger partial charge in [0.25, 0.3) is 11.8 Å². The van der Waals surface area contributed by atoms with E-state index in [-0.39, 0.29) is 30.7 Å². The van der Waals surface area contributed by atoms with Crippen LogP contribution >= 0.6 is 0 Å². The van der Waals surface area contributed by atoms with Crippen LogP contribution in [-0.4, -0.2) is 60.5 Å². The van der Waals surface area contributed by atoms with Gasteiger partial charge in [0.1, 0.15) is 5.54 Å². The highest BCUT2D eigenvalue weighted by atomic mass is 16.5. The van der Waals surface area contributed by atoms with Crippen molar-refractivity contribution in [1.29, 1.82) is 0 Å². The first-order valence-electron chi connectivity index (χ1n) is 10.8. The molecule has 1 saturated heterocycles. The molecule has 1 saturated carbocycles. The molecular weight excluding hydrogens is 400 g/mol. The molecule has 9 heteroatoms. The van der Waals surface area contributed by atoms with Crippen LogP contribution in [0.15, 0.2) is 24.3 Å². The second-order valence-corrected chi connectivity index (χ2v) is 7.86. The molecule has 2 aliphatic rings. The largest absolute Gasteiger partial charge is 0.382 e. The van der Waals surface area contributed by atoms with Gasteiger partial charge in [0.15, 0.2) is 0 Å². The number of amides is 5. The fraction of sp³-hybridized carbons (Fsp3) is 0.545. The highest BCUT2D eigenvalue weighted by molar-refractivity contribution is 6.07. The van der Waals surface area contributed by atoms with E-state index < -0.39 is 11.6 Å². The minimum Gasteiger partial charge on any atom is -0.382 e. The summed E-state index contributed by atoms with van der Waals surface area (Å²) in [6.45, 7) is 3.68. The van der Waals surface area contributed by atoms with E-state index in [4.69, 9.17) is 4.74 Å². The van der Waals surface area contributed by atoms with Gasteiger partial charge < -0.3 is 20.7 Å². The smallest absolute Gasteiger partial charge is 0.325 e. The number of benzene rings is 1. The van der Waals surface area contributed by atoms with Crippen molar-refractivity contribution in [3.8, 4) is 0 Å². The van der Waals surface area contributed by atoms with Gasteiger partial charge in [0, 0.05) is 44.0 Å². The van der Waals surface area contributed by atoms with E-state index in [0.29, 0.717) is 43.9 Å². The third kappa shape index (κ3) is 5.61. The quantitative estimate of drug-likeness (QED) is 0.388. The maximum atomic E-state index is 12.6. The van der Waals surface area contributed by atoms with Crippen LogP contribution in [0.1, 0.15) is 55.8 Å². The summed E-state index contributed by atoms with van der Waals surface area (Å²) in [4.78, 5) is 50.6. The molecule has 1 spiro atoms. The normalized spacial score (nSPS) is 17.1. The second-order valence-electron chi connectivity index (χ2n) is 7.86. The molecule has 0 radical (unpaired) electrons. The Morgan fingerprint density at radius 2 is 2.00 bits per heavy atom. The van der Waals surface area contributed by atoms with E-state index in [1.165, 1.54) is 0 Å². The minimum atomic E-state index is -0.766. The Labute approximate surface area is 181 Å². The van der Waals surface area contributed by atoms with Crippen LogP contribution in [0, 0.1) is 0 Å². The monoisotopic (exact) mass is 430 g/mol. The van der Waals surface area contributed by atoms with E-state index in [0.717, 1.165) is 24.2 Å². The zero-order chi connectivity index (χ0) is 22.3. The molecule has 5 amide bonds. The van der Waals surface area contributed by atoms with Gasteiger partial charge in [-0.1, -0.05) is 18.9 Å². The predicted molar refractivity (Wildman–Crippen MR) is 115 cm³/mol. The molecule has 2 fully saturated rings. The highest BCUT2D eigenvalue weighted by Crippen LogP contribution is 2.35. The Kier molecular flexibility index (Phi) is 7.62. The first-order valence-corrected chi connectivity index (χ1v) is 10.8. The summed E-state index contributed by atoms with van der Waals surface area (Å²) >= 11 is 0. The molecule has 31 heavy (non-hydrogen) atoms. The number of nitrogens with zero attached hydrogens (tertiary/aromatic N) is 1. The molecule has 0 aromatic heterocycles. The number of urea groups is 1. The molecule has 3 rings (SSSR count). The lowest BCUT2D eigenvalue weighted by atomic mass is 9.98. The van der Waals surface area contributed by atoms with Crippen molar-refractivity contribution in [3.05, 3.63) is 29.8 Å². The molecule has 1 aromatic carbocycles. The number of hydrogen-bond acceptors (Lipinski definition) is 5. The minimum absolute atomic E-state index is 0.0108. The number of nitrogens with one attached hydrogen (secondary N) is 3. The van der Waals surface area contributed by atoms with Crippen LogP contribution in [0.4, 0.5) is 10.5 Å². The third-order valence-electron chi connectivity index (χ3n) is 5.63. The molecule has 0 atom stereocenters. The molecule has 0 unspecified atom stereocenters. The number of ether oxygens (including phenoxy) is 1. The topological polar surface area (TPSA) is 117 Å². The van der Waals surface area contributed by atoms with Crippen LogP contribution in [0.3, 0.4) is 0 Å². The average Bonchev–Trinajstić information content (AvgIpc) is 3.31. The van der Waals surface area contributed by atoms with E-state index in [1.54, 1.807) is 24.3 Å². The first kappa shape index (κ1) is 22.7. The summed E-state index contributed by atoms with van der Waals surface area (Å²) in [5, 5.41) is 8.34. The Morgan fingerprint density at radius 3 is 2.74 bits per heavy atom. The second kappa shape index (κ2) is 10.4. The van der Waals surface area contributed by atoms with Gasteiger partial charge in [0.05, 0.1) is 0 Å². The van der Waals surface area contributed by atoms with Gasteiger partial charge in [-0.15, -0.1) is 0 Å². The van der Waals surface area contributed by atoms with Crippen molar-refractivity contribution in [2.24, 2.45) is 0 Å². The number of rotatable bonds is 10. The van der Waals surface area contributed by atoms with Gasteiger partial charge >= 0.3 is 6.03 Å². The van der Waals surface area contributed by atoms with Crippen molar-refractivity contribution in [1.82, 2.24) is 15.5 Å². The average molecular weight is 431 g/mol. The molecule has 1 heterocycles. The Hall–Kier alpha value is -2.94. The Balaban J connectivity index is 1.47. The molecule has 9 nitrogen and oxygen atoms in total. The third-order valence-corrected chi connectivity index (χ3v) is 5.63. The van der Waals surface area contributed by atoms with Crippen LogP contribution in [0.5, 0.6) is 0 Å². The van der Waals surface area contributed by atoms with E-state index in [9.17, 15) is 19.2 Å². The lowest BCUT2D eigenvalue weighted by molar-refractivity contribution is -0.131. The van der Waals surface area contributed by atoms with E-state index >= 15 is 0 Å². The van der Waals surface area contributed by atoms with Crippen LogP contribution < -0.4 is 16.0 Å². The van der Waals surface area contributed by atoms with Crippen molar-refractivity contribution < 1.29 is 23.9 Å². The van der Waals surface area contributed by atoms with Gasteiger partial charge in [-0.05, 0) is 44.4 Å². The molecule has 3 N–H and O–H groups in total. The summed E-state index contributed by atoms with van der Waals surface area (Å²) in [5.41, 5.74) is 0.153. The van der Waals surface area contributed by atoms with E-state index in [1.807, 2.05) is 6.92 Å². The molecule has 168 valence electrons. The van der Waals surface area contributed by atoms with Crippen molar-refractivity contribution >= 4 is 29.4 Å². The Bertz CT molecular complexity index is 835. The zero-order valence-corrected chi connectivity index (χ0v) is 17.9. The maximum Gasteiger partial charge on any atom is 0.325 e. The molecule has 1 aromatic rings. The molecular formula is C22H30N4O5. The summed E-state index contributed by atoms with van der Waals surface area (Å²) in [5.74, 6) is -0.790. The summed E-state index contributed by atoms with van der Waals surface area (Å²) in [7, 11) is 0. The molecule has 1 aliphatic heterocycles. The highest BCUT2D eigenvalue weighted by Gasteiger charge is 2.52. The lowest BCUT2D eigenvalue weighted by Crippen LogP contribution is -2.44. The van der Waals surface area contributed by atoms with Crippen molar-refractivity contribution in [2.75, 3.05) is 31.6 Å². The standard InChI is InChI=1S/C22H30N4O5/c1-2-31-14-6-12-23-19(28)16-7-5-8-17(15-16)24-18(27)9-13-26-20(29)22(25-21(26)30)10-3-4-11-22/h5,7-8,15H,2-4,6,9-14H2,1H3,(H,23,28)(H,24,27)(H,25,30). The first-order chi connectivity index (χ1) is 14.9. The van der Waals surface area contributed by atoms with Gasteiger partial charge in [-0.3, -0.25) is 19.3 Å². The van der Waals surface area contributed by atoms with E-state index in [2.05, 4.69) is 16.0 Å².